The smallest absolute Gasteiger partial charge is 0.295 e. The summed E-state index contributed by atoms with van der Waals surface area (Å²) in [6.07, 6.45) is 0. The first-order valence-electron chi connectivity index (χ1n) is 8.15. The normalized spacial score (nSPS) is 10.4. The molecule has 0 amide bonds. The minimum atomic E-state index is -4.13. The molecule has 0 radical (unpaired) electrons. The Morgan fingerprint density at radius 3 is 1.67 bits per heavy atom. The summed E-state index contributed by atoms with van der Waals surface area (Å²) < 4.78 is 31.0. The van der Waals surface area contributed by atoms with Gasteiger partial charge < -0.3 is 4.79 Å². The maximum atomic E-state index is 11.0. The van der Waals surface area contributed by atoms with E-state index in [4.69, 9.17) is 9.35 Å². The van der Waals surface area contributed by atoms with Crippen LogP contribution >= 0.6 is 0 Å². The largest absolute Gasteiger partial charge is 0.307 e. The molecule has 0 fully saturated rings. The standard InChI is InChI=1S/C11H10.C10H8O3S.CH2O/c1-9-5-4-7-10-6-2-3-8-11(9)10;11-14(12,13)10-7-3-5-8-4-1-2-6-9(8)10;1-2/h2-8H,1H3;1-7H,(H,11,12,13);1H2. The topological polar surface area (TPSA) is 71.4 Å². The fourth-order valence-electron chi connectivity index (χ4n) is 2.81. The second-order valence-corrected chi connectivity index (χ2v) is 7.14. The Morgan fingerprint density at radius 1 is 0.667 bits per heavy atom. The average molecular weight is 380 g/mol. The van der Waals surface area contributed by atoms with Crippen LogP contribution in [0.4, 0.5) is 0 Å². The van der Waals surface area contributed by atoms with Gasteiger partial charge in [-0.05, 0) is 34.7 Å². The minimum absolute atomic E-state index is 0.0457. The van der Waals surface area contributed by atoms with Gasteiger partial charge in [-0.15, -0.1) is 0 Å². The summed E-state index contributed by atoms with van der Waals surface area (Å²) in [5.41, 5.74) is 1.35. The molecule has 5 heteroatoms. The van der Waals surface area contributed by atoms with Crippen LogP contribution in [0, 0.1) is 6.92 Å². The molecule has 0 spiro atoms. The van der Waals surface area contributed by atoms with Gasteiger partial charge in [0.25, 0.3) is 10.1 Å². The second kappa shape index (κ2) is 9.07. The molecular weight excluding hydrogens is 360 g/mol. The van der Waals surface area contributed by atoms with Gasteiger partial charge >= 0.3 is 0 Å². The SMILES string of the molecule is C=O.Cc1cccc2ccccc12.O=S(=O)(O)c1cccc2ccccc12. The molecule has 27 heavy (non-hydrogen) atoms. The highest BCUT2D eigenvalue weighted by atomic mass is 32.2. The van der Waals surface area contributed by atoms with Gasteiger partial charge in [-0.1, -0.05) is 78.9 Å². The van der Waals surface area contributed by atoms with Crippen molar-refractivity contribution >= 4 is 38.5 Å². The molecule has 0 atom stereocenters. The first-order valence-corrected chi connectivity index (χ1v) is 9.59. The van der Waals surface area contributed by atoms with Crippen LogP contribution in [-0.2, 0) is 14.9 Å². The molecule has 0 unspecified atom stereocenters. The van der Waals surface area contributed by atoms with Crippen molar-refractivity contribution < 1.29 is 17.8 Å². The Morgan fingerprint density at radius 2 is 1.11 bits per heavy atom. The van der Waals surface area contributed by atoms with Crippen molar-refractivity contribution in [3.63, 3.8) is 0 Å². The monoisotopic (exact) mass is 380 g/mol. The zero-order valence-electron chi connectivity index (χ0n) is 14.9. The van der Waals surface area contributed by atoms with Crippen LogP contribution in [0.1, 0.15) is 5.56 Å². The molecule has 4 aromatic carbocycles. The summed E-state index contributed by atoms with van der Waals surface area (Å²) in [4.78, 5) is 7.95. The van der Waals surface area contributed by atoms with Gasteiger partial charge in [0.05, 0.1) is 0 Å². The average Bonchev–Trinajstić information content (AvgIpc) is 2.69. The summed E-state index contributed by atoms with van der Waals surface area (Å²) in [5.74, 6) is 0. The van der Waals surface area contributed by atoms with Crippen molar-refractivity contribution in [1.29, 1.82) is 0 Å². The molecule has 0 aromatic heterocycles. The Bertz CT molecular complexity index is 1140. The third kappa shape index (κ3) is 5.00. The molecule has 4 rings (SSSR count). The predicted octanol–water partition coefficient (Wildman–Crippen LogP) is 5.05. The van der Waals surface area contributed by atoms with E-state index in [0.29, 0.717) is 5.39 Å². The van der Waals surface area contributed by atoms with Crippen molar-refractivity contribution in [3.8, 4) is 0 Å². The van der Waals surface area contributed by atoms with Crippen molar-refractivity contribution in [2.45, 2.75) is 11.8 Å². The third-order valence-corrected chi connectivity index (χ3v) is 4.95. The maximum Gasteiger partial charge on any atom is 0.295 e. The van der Waals surface area contributed by atoms with E-state index in [-0.39, 0.29) is 4.90 Å². The highest BCUT2D eigenvalue weighted by Crippen LogP contribution is 2.22. The lowest BCUT2D eigenvalue weighted by molar-refractivity contribution is -0.0980. The number of aryl methyl sites for hydroxylation is 1. The zero-order chi connectivity index (χ0) is 19.9. The molecule has 0 aliphatic heterocycles. The van der Waals surface area contributed by atoms with Gasteiger partial charge in [-0.3, -0.25) is 4.55 Å². The molecule has 0 saturated heterocycles. The number of benzene rings is 4. The molecule has 138 valence electrons. The Balaban J connectivity index is 0.000000181. The van der Waals surface area contributed by atoms with Gasteiger partial charge in [0.2, 0.25) is 0 Å². The van der Waals surface area contributed by atoms with Crippen molar-refractivity contribution in [2.75, 3.05) is 0 Å². The lowest BCUT2D eigenvalue weighted by atomic mass is 10.1. The summed E-state index contributed by atoms with van der Waals surface area (Å²) >= 11 is 0. The molecule has 4 aromatic rings. The van der Waals surface area contributed by atoms with E-state index in [1.165, 1.54) is 22.4 Å². The van der Waals surface area contributed by atoms with Crippen LogP contribution in [-0.4, -0.2) is 19.8 Å². The number of hydrogen-bond acceptors (Lipinski definition) is 3. The van der Waals surface area contributed by atoms with Gasteiger partial charge in [-0.25, -0.2) is 0 Å². The van der Waals surface area contributed by atoms with E-state index in [0.717, 1.165) is 5.39 Å². The van der Waals surface area contributed by atoms with Crippen LogP contribution in [0.5, 0.6) is 0 Å². The molecule has 0 saturated carbocycles. The van der Waals surface area contributed by atoms with Gasteiger partial charge in [0, 0.05) is 5.39 Å². The molecule has 0 aliphatic rings. The van der Waals surface area contributed by atoms with Crippen molar-refractivity contribution in [2.24, 2.45) is 0 Å². The number of carbonyl (C=O) groups is 1. The van der Waals surface area contributed by atoms with Crippen LogP contribution in [0.15, 0.2) is 89.8 Å². The van der Waals surface area contributed by atoms with E-state index >= 15 is 0 Å². The highest BCUT2D eigenvalue weighted by Gasteiger charge is 2.12. The molecule has 0 aliphatic carbocycles. The Labute approximate surface area is 158 Å². The highest BCUT2D eigenvalue weighted by molar-refractivity contribution is 7.86. The van der Waals surface area contributed by atoms with Gasteiger partial charge in [0.1, 0.15) is 11.7 Å². The second-order valence-electron chi connectivity index (χ2n) is 5.75. The fourth-order valence-corrected chi connectivity index (χ4v) is 3.52. The molecule has 0 heterocycles. The lowest BCUT2D eigenvalue weighted by Crippen LogP contribution is -1.98. The Hall–Kier alpha value is -3.02. The summed E-state index contributed by atoms with van der Waals surface area (Å²) in [5, 5.41) is 4.02. The van der Waals surface area contributed by atoms with Crippen molar-refractivity contribution in [3.05, 3.63) is 90.5 Å². The van der Waals surface area contributed by atoms with E-state index in [2.05, 4.69) is 49.4 Å². The summed E-state index contributed by atoms with van der Waals surface area (Å²) in [6, 6.07) is 26.6. The van der Waals surface area contributed by atoms with Gasteiger partial charge in [0.15, 0.2) is 0 Å². The number of rotatable bonds is 1. The van der Waals surface area contributed by atoms with E-state index in [1.807, 2.05) is 12.9 Å². The quantitative estimate of drug-likeness (QED) is 0.469. The first-order chi connectivity index (χ1) is 13.0. The summed E-state index contributed by atoms with van der Waals surface area (Å²) in [6.45, 7) is 4.14. The molecule has 4 nitrogen and oxygen atoms in total. The minimum Gasteiger partial charge on any atom is -0.307 e. The number of carbonyl (C=O) groups excluding carboxylic acids is 1. The maximum absolute atomic E-state index is 11.0. The Kier molecular flexibility index (Phi) is 6.82. The van der Waals surface area contributed by atoms with E-state index in [1.54, 1.807) is 30.3 Å². The first kappa shape index (κ1) is 20.3. The van der Waals surface area contributed by atoms with Crippen LogP contribution < -0.4 is 0 Å². The molecular formula is C22H20O4S. The molecule has 1 N–H and O–H groups in total. The third-order valence-electron chi connectivity index (χ3n) is 4.04. The zero-order valence-corrected chi connectivity index (χ0v) is 15.7. The van der Waals surface area contributed by atoms with Crippen LogP contribution in [0.25, 0.3) is 21.5 Å². The lowest BCUT2D eigenvalue weighted by Gasteiger charge is -2.02. The summed E-state index contributed by atoms with van der Waals surface area (Å²) in [7, 11) is -4.13. The number of hydrogen-bond donors (Lipinski definition) is 1. The molecule has 0 bridgehead atoms. The van der Waals surface area contributed by atoms with E-state index in [9.17, 15) is 8.42 Å². The van der Waals surface area contributed by atoms with E-state index < -0.39 is 10.1 Å². The fraction of sp³-hybridized carbons (Fsp3) is 0.0455. The number of fused-ring (bicyclic) bond motifs is 2. The van der Waals surface area contributed by atoms with Crippen molar-refractivity contribution in [1.82, 2.24) is 0 Å². The van der Waals surface area contributed by atoms with Crippen LogP contribution in [0.3, 0.4) is 0 Å². The van der Waals surface area contributed by atoms with Gasteiger partial charge in [-0.2, -0.15) is 8.42 Å². The predicted molar refractivity (Wildman–Crippen MR) is 110 cm³/mol. The van der Waals surface area contributed by atoms with Crippen LogP contribution in [0.2, 0.25) is 0 Å².